The van der Waals surface area contributed by atoms with Crippen molar-refractivity contribution in [2.45, 2.75) is 19.4 Å². The molecule has 2 rings (SSSR count). The van der Waals surface area contributed by atoms with E-state index < -0.39 is 0 Å². The number of likely N-dealkylation sites (tertiary alicyclic amines) is 1. The third-order valence-electron chi connectivity index (χ3n) is 3.46. The summed E-state index contributed by atoms with van der Waals surface area (Å²) in [6, 6.07) is 1.85. The van der Waals surface area contributed by atoms with Gasteiger partial charge >= 0.3 is 0 Å². The molecular weight excluding hydrogens is 258 g/mol. The second kappa shape index (κ2) is 7.04. The summed E-state index contributed by atoms with van der Waals surface area (Å²) in [5, 5.41) is 7.00. The first-order chi connectivity index (χ1) is 9.65. The summed E-state index contributed by atoms with van der Waals surface area (Å²) >= 11 is 0. The van der Waals surface area contributed by atoms with E-state index in [0.717, 1.165) is 19.4 Å². The molecule has 3 N–H and O–H groups in total. The van der Waals surface area contributed by atoms with Gasteiger partial charge in [0.25, 0.3) is 0 Å². The van der Waals surface area contributed by atoms with Crippen LogP contribution < -0.4 is 11.1 Å². The first-order valence-electron chi connectivity index (χ1n) is 6.91. The molecule has 0 aromatic carbocycles. The van der Waals surface area contributed by atoms with Gasteiger partial charge in [-0.25, -0.2) is 0 Å². The molecule has 1 aliphatic rings. The van der Waals surface area contributed by atoms with Crippen LogP contribution in [0, 0.1) is 5.92 Å². The van der Waals surface area contributed by atoms with Crippen LogP contribution in [-0.4, -0.2) is 52.7 Å². The normalized spacial score (nSPS) is 19.7. The van der Waals surface area contributed by atoms with E-state index in [-0.39, 0.29) is 24.3 Å². The number of nitrogens with one attached hydrogen (secondary N) is 1. The minimum atomic E-state index is -0.343. The van der Waals surface area contributed by atoms with Gasteiger partial charge in [0.15, 0.2) is 0 Å². The molecule has 20 heavy (non-hydrogen) atoms. The number of hydrogen-bond donors (Lipinski definition) is 2. The van der Waals surface area contributed by atoms with Gasteiger partial charge in [-0.05, 0) is 25.5 Å². The van der Waals surface area contributed by atoms with Gasteiger partial charge in [0, 0.05) is 25.5 Å². The average Bonchev–Trinajstić information content (AvgIpc) is 2.91. The van der Waals surface area contributed by atoms with Crippen molar-refractivity contribution in [1.82, 2.24) is 20.0 Å². The summed E-state index contributed by atoms with van der Waals surface area (Å²) in [6.45, 7) is 2.90. The Morgan fingerprint density at radius 3 is 3.00 bits per heavy atom. The topological polar surface area (TPSA) is 93.3 Å². The molecule has 7 nitrogen and oxygen atoms in total. The Morgan fingerprint density at radius 1 is 1.45 bits per heavy atom. The molecular formula is C13H21N5O2. The fourth-order valence-electron chi connectivity index (χ4n) is 2.50. The predicted octanol–water partition coefficient (Wildman–Crippen LogP) is -0.803. The molecule has 1 fully saturated rings. The summed E-state index contributed by atoms with van der Waals surface area (Å²) in [6.07, 6.45) is 5.36. The van der Waals surface area contributed by atoms with Crippen molar-refractivity contribution >= 4 is 11.8 Å². The summed E-state index contributed by atoms with van der Waals surface area (Å²) in [5.41, 5.74) is 5.19. The number of nitrogens with two attached hydrogens (primary N) is 1. The van der Waals surface area contributed by atoms with Gasteiger partial charge < -0.3 is 11.1 Å². The highest BCUT2D eigenvalue weighted by Crippen LogP contribution is 2.16. The minimum Gasteiger partial charge on any atom is -0.369 e. The van der Waals surface area contributed by atoms with Gasteiger partial charge in [0.1, 0.15) is 0 Å². The van der Waals surface area contributed by atoms with Gasteiger partial charge in [-0.3, -0.25) is 19.2 Å². The predicted molar refractivity (Wildman–Crippen MR) is 73.6 cm³/mol. The molecule has 1 aromatic heterocycles. The van der Waals surface area contributed by atoms with Crippen molar-refractivity contribution in [2.75, 3.05) is 26.2 Å². The molecule has 1 saturated heterocycles. The van der Waals surface area contributed by atoms with Crippen LogP contribution in [0.3, 0.4) is 0 Å². The molecule has 0 spiro atoms. The fraction of sp³-hybridized carbons (Fsp3) is 0.615. The Morgan fingerprint density at radius 2 is 2.30 bits per heavy atom. The highest BCUT2D eigenvalue weighted by Gasteiger charge is 2.26. The maximum absolute atomic E-state index is 12.1. The number of amides is 2. The van der Waals surface area contributed by atoms with Gasteiger partial charge in [-0.1, -0.05) is 0 Å². The minimum absolute atomic E-state index is 0.0475. The Balaban J connectivity index is 1.72. The van der Waals surface area contributed by atoms with E-state index >= 15 is 0 Å². The van der Waals surface area contributed by atoms with Crippen molar-refractivity contribution in [3.05, 3.63) is 18.5 Å². The molecule has 110 valence electrons. The Labute approximate surface area is 118 Å². The fourth-order valence-corrected chi connectivity index (χ4v) is 2.50. The molecule has 0 unspecified atom stereocenters. The lowest BCUT2D eigenvalue weighted by molar-refractivity contribution is -0.128. The quantitative estimate of drug-likeness (QED) is 0.712. The Bertz CT molecular complexity index is 446. The Hall–Kier alpha value is -1.89. The standard InChI is InChI=1S/C13H21N5O2/c14-12(19)10-17-6-1-3-11(9-17)13(20)15-5-8-18-7-2-4-16-18/h2,4,7,11H,1,3,5-6,8-10H2,(H2,14,19)(H,15,20)/t11-/m1/s1. The van der Waals surface area contributed by atoms with Gasteiger partial charge in [-0.2, -0.15) is 5.10 Å². The lowest BCUT2D eigenvalue weighted by Crippen LogP contribution is -2.46. The van der Waals surface area contributed by atoms with E-state index in [4.69, 9.17) is 5.73 Å². The van der Waals surface area contributed by atoms with Crippen molar-refractivity contribution in [1.29, 1.82) is 0 Å². The summed E-state index contributed by atoms with van der Waals surface area (Å²) in [5.74, 6) is -0.350. The largest absolute Gasteiger partial charge is 0.369 e. The zero-order valence-corrected chi connectivity index (χ0v) is 11.5. The highest BCUT2D eigenvalue weighted by atomic mass is 16.2. The third kappa shape index (κ3) is 4.34. The highest BCUT2D eigenvalue weighted by molar-refractivity contribution is 5.79. The van der Waals surface area contributed by atoms with Gasteiger partial charge in [0.2, 0.25) is 11.8 Å². The van der Waals surface area contributed by atoms with E-state index in [1.807, 2.05) is 17.2 Å². The van der Waals surface area contributed by atoms with Crippen LogP contribution in [0.1, 0.15) is 12.8 Å². The number of piperidine rings is 1. The maximum Gasteiger partial charge on any atom is 0.231 e. The Kier molecular flexibility index (Phi) is 5.11. The molecule has 0 aliphatic carbocycles. The lowest BCUT2D eigenvalue weighted by Gasteiger charge is -2.30. The molecule has 0 bridgehead atoms. The van der Waals surface area contributed by atoms with E-state index in [9.17, 15) is 9.59 Å². The van der Waals surface area contributed by atoms with Crippen LogP contribution in [0.4, 0.5) is 0 Å². The summed E-state index contributed by atoms with van der Waals surface area (Å²) < 4.78 is 1.78. The lowest BCUT2D eigenvalue weighted by atomic mass is 9.97. The molecule has 0 saturated carbocycles. The summed E-state index contributed by atoms with van der Waals surface area (Å²) in [4.78, 5) is 24.9. The zero-order chi connectivity index (χ0) is 14.4. The molecule has 2 heterocycles. The maximum atomic E-state index is 12.1. The second-order valence-corrected chi connectivity index (χ2v) is 5.10. The van der Waals surface area contributed by atoms with Crippen molar-refractivity contribution in [2.24, 2.45) is 11.7 Å². The third-order valence-corrected chi connectivity index (χ3v) is 3.46. The number of aromatic nitrogens is 2. The summed E-state index contributed by atoms with van der Waals surface area (Å²) in [7, 11) is 0. The number of hydrogen-bond acceptors (Lipinski definition) is 4. The van der Waals surface area contributed by atoms with Crippen LogP contribution in [0.25, 0.3) is 0 Å². The first kappa shape index (κ1) is 14.5. The average molecular weight is 279 g/mol. The van der Waals surface area contributed by atoms with Crippen LogP contribution in [0.15, 0.2) is 18.5 Å². The van der Waals surface area contributed by atoms with E-state index in [2.05, 4.69) is 10.4 Å². The number of carbonyl (C=O) groups is 2. The number of primary amides is 1. The van der Waals surface area contributed by atoms with Crippen molar-refractivity contribution in [3.63, 3.8) is 0 Å². The van der Waals surface area contributed by atoms with Crippen LogP contribution >= 0.6 is 0 Å². The van der Waals surface area contributed by atoms with Crippen molar-refractivity contribution in [3.8, 4) is 0 Å². The second-order valence-electron chi connectivity index (χ2n) is 5.10. The zero-order valence-electron chi connectivity index (χ0n) is 11.5. The van der Waals surface area contributed by atoms with Gasteiger partial charge in [-0.15, -0.1) is 0 Å². The monoisotopic (exact) mass is 279 g/mol. The van der Waals surface area contributed by atoms with Crippen LogP contribution in [0.5, 0.6) is 0 Å². The molecule has 1 aromatic rings. The van der Waals surface area contributed by atoms with E-state index in [1.165, 1.54) is 0 Å². The van der Waals surface area contributed by atoms with E-state index in [1.54, 1.807) is 10.9 Å². The van der Waals surface area contributed by atoms with Crippen molar-refractivity contribution < 1.29 is 9.59 Å². The first-order valence-corrected chi connectivity index (χ1v) is 6.91. The number of nitrogens with zero attached hydrogens (tertiary/aromatic N) is 3. The van der Waals surface area contributed by atoms with Gasteiger partial charge in [0.05, 0.1) is 19.0 Å². The number of carbonyl (C=O) groups excluding carboxylic acids is 2. The molecule has 1 aliphatic heterocycles. The molecule has 2 amide bonds. The molecule has 1 atom stereocenters. The number of rotatable bonds is 6. The van der Waals surface area contributed by atoms with Crippen LogP contribution in [-0.2, 0) is 16.1 Å². The SMILES string of the molecule is NC(=O)CN1CCC[C@@H](C(=O)NCCn2cccn2)C1. The smallest absolute Gasteiger partial charge is 0.231 e. The van der Waals surface area contributed by atoms with E-state index in [0.29, 0.717) is 19.6 Å². The molecule has 0 radical (unpaired) electrons. The molecule has 7 heteroatoms. The van der Waals surface area contributed by atoms with Crippen LogP contribution in [0.2, 0.25) is 0 Å².